The van der Waals surface area contributed by atoms with E-state index >= 15 is 0 Å². The van der Waals surface area contributed by atoms with Gasteiger partial charge in [0.2, 0.25) is 0 Å². The van der Waals surface area contributed by atoms with Gasteiger partial charge in [-0.15, -0.1) is 0 Å². The van der Waals surface area contributed by atoms with Crippen molar-refractivity contribution in [2.24, 2.45) is 10.9 Å². The molecule has 0 heterocycles. The van der Waals surface area contributed by atoms with Crippen LogP contribution in [0.4, 0.5) is 5.69 Å². The maximum Gasteiger partial charge on any atom is 0.161 e. The summed E-state index contributed by atoms with van der Waals surface area (Å²) in [4.78, 5) is 0. The van der Waals surface area contributed by atoms with Crippen molar-refractivity contribution in [3.05, 3.63) is 29.8 Å². The molecule has 4 nitrogen and oxygen atoms in total. The van der Waals surface area contributed by atoms with E-state index in [1.165, 1.54) is 18.4 Å². The van der Waals surface area contributed by atoms with Crippen molar-refractivity contribution in [1.29, 1.82) is 0 Å². The molecular weight excluding hydrogens is 214 g/mol. The molecule has 0 bridgehead atoms. The first-order valence-corrected chi connectivity index (χ1v) is 6.00. The first-order chi connectivity index (χ1) is 8.17. The zero-order valence-corrected chi connectivity index (χ0v) is 10.5. The van der Waals surface area contributed by atoms with Crippen molar-refractivity contribution in [2.45, 2.75) is 39.2 Å². The number of unbranched alkanes of at least 4 members (excludes halogenated alkanes) is 1. The number of nitrogens with zero attached hydrogens (tertiary/aromatic N) is 1. The molecule has 0 amide bonds. The van der Waals surface area contributed by atoms with Crippen LogP contribution in [0.3, 0.4) is 0 Å². The number of amidine groups is 1. The molecule has 1 rings (SSSR count). The Morgan fingerprint density at radius 2 is 2.06 bits per heavy atom. The van der Waals surface area contributed by atoms with Gasteiger partial charge < -0.3 is 16.3 Å². The molecule has 0 fully saturated rings. The van der Waals surface area contributed by atoms with Crippen molar-refractivity contribution in [3.63, 3.8) is 0 Å². The number of benzene rings is 1. The number of anilines is 1. The maximum absolute atomic E-state index is 8.55. The van der Waals surface area contributed by atoms with Crippen molar-refractivity contribution >= 4 is 11.5 Å². The lowest BCUT2D eigenvalue weighted by molar-refractivity contribution is 0.316. The largest absolute Gasteiger partial charge is 0.409 e. The summed E-state index contributed by atoms with van der Waals surface area (Å²) in [6.45, 7) is 4.04. The standard InChI is InChI=1S/C13H21N3O/c1-3-4-5-11-6-8-12(9-7-11)15-10(2)13(14)16-17/h6-10,15,17H,3-5H2,1-2H3,(H2,14,16). The van der Waals surface area contributed by atoms with Crippen molar-refractivity contribution in [1.82, 2.24) is 0 Å². The summed E-state index contributed by atoms with van der Waals surface area (Å²) in [7, 11) is 0. The van der Waals surface area contributed by atoms with E-state index < -0.39 is 0 Å². The van der Waals surface area contributed by atoms with Gasteiger partial charge in [0.1, 0.15) is 0 Å². The quantitative estimate of drug-likeness (QED) is 0.307. The summed E-state index contributed by atoms with van der Waals surface area (Å²) in [5.74, 6) is 0.181. The summed E-state index contributed by atoms with van der Waals surface area (Å²) >= 11 is 0. The van der Waals surface area contributed by atoms with E-state index in [2.05, 4.69) is 29.5 Å². The minimum Gasteiger partial charge on any atom is -0.409 e. The Balaban J connectivity index is 2.56. The average Bonchev–Trinajstić information content (AvgIpc) is 2.37. The lowest BCUT2D eigenvalue weighted by Gasteiger charge is -2.13. The van der Waals surface area contributed by atoms with Crippen LogP contribution in [-0.2, 0) is 6.42 Å². The van der Waals surface area contributed by atoms with E-state index in [1.54, 1.807) is 0 Å². The van der Waals surface area contributed by atoms with Crippen LogP contribution in [0.15, 0.2) is 29.4 Å². The number of hydrogen-bond acceptors (Lipinski definition) is 3. The molecule has 1 aromatic carbocycles. The van der Waals surface area contributed by atoms with Crippen LogP contribution in [0.5, 0.6) is 0 Å². The van der Waals surface area contributed by atoms with E-state index in [0.717, 1.165) is 12.1 Å². The van der Waals surface area contributed by atoms with E-state index in [9.17, 15) is 0 Å². The second-order valence-electron chi connectivity index (χ2n) is 4.19. The van der Waals surface area contributed by atoms with Crippen molar-refractivity contribution < 1.29 is 5.21 Å². The molecule has 94 valence electrons. The van der Waals surface area contributed by atoms with Crippen molar-refractivity contribution in [2.75, 3.05) is 5.32 Å². The molecule has 0 spiro atoms. The molecule has 1 atom stereocenters. The van der Waals surface area contributed by atoms with Gasteiger partial charge in [-0.2, -0.15) is 0 Å². The molecule has 1 unspecified atom stereocenters. The Labute approximate surface area is 103 Å². The first-order valence-electron chi connectivity index (χ1n) is 6.00. The highest BCUT2D eigenvalue weighted by atomic mass is 16.4. The number of nitrogens with two attached hydrogens (primary N) is 1. The Morgan fingerprint density at radius 3 is 2.59 bits per heavy atom. The molecule has 0 aliphatic heterocycles. The van der Waals surface area contributed by atoms with Crippen LogP contribution in [0, 0.1) is 0 Å². The number of rotatable bonds is 6. The van der Waals surface area contributed by atoms with Gasteiger partial charge in [0.05, 0.1) is 6.04 Å². The zero-order chi connectivity index (χ0) is 12.7. The molecule has 0 aliphatic rings. The minimum atomic E-state index is -0.179. The highest BCUT2D eigenvalue weighted by molar-refractivity contribution is 5.87. The minimum absolute atomic E-state index is 0.179. The smallest absolute Gasteiger partial charge is 0.161 e. The lowest BCUT2D eigenvalue weighted by Crippen LogP contribution is -2.32. The molecule has 0 aliphatic carbocycles. The Bertz CT molecular complexity index is 359. The van der Waals surface area contributed by atoms with Crippen LogP contribution in [-0.4, -0.2) is 17.1 Å². The van der Waals surface area contributed by atoms with E-state index in [0.29, 0.717) is 0 Å². The third kappa shape index (κ3) is 4.34. The van der Waals surface area contributed by atoms with Crippen LogP contribution >= 0.6 is 0 Å². The molecule has 4 N–H and O–H groups in total. The molecule has 1 aromatic rings. The zero-order valence-electron chi connectivity index (χ0n) is 10.5. The molecule has 0 saturated carbocycles. The fourth-order valence-corrected chi connectivity index (χ4v) is 1.56. The van der Waals surface area contributed by atoms with Crippen LogP contribution in [0.1, 0.15) is 32.3 Å². The predicted octanol–water partition coefficient (Wildman–Crippen LogP) is 2.58. The molecule has 0 aromatic heterocycles. The SMILES string of the molecule is CCCCc1ccc(NC(C)C(N)=NO)cc1. The highest BCUT2D eigenvalue weighted by Crippen LogP contribution is 2.12. The summed E-state index contributed by atoms with van der Waals surface area (Å²) in [5, 5.41) is 14.7. The second kappa shape index (κ2) is 6.78. The molecule has 17 heavy (non-hydrogen) atoms. The lowest BCUT2D eigenvalue weighted by atomic mass is 10.1. The summed E-state index contributed by atoms with van der Waals surface area (Å²) in [6.07, 6.45) is 3.54. The van der Waals surface area contributed by atoms with E-state index in [1.807, 2.05) is 19.1 Å². The van der Waals surface area contributed by atoms with Gasteiger partial charge >= 0.3 is 0 Å². The third-order valence-corrected chi connectivity index (χ3v) is 2.72. The molecular formula is C13H21N3O. The number of aryl methyl sites for hydroxylation is 1. The van der Waals surface area contributed by atoms with Gasteiger partial charge in [-0.05, 0) is 37.5 Å². The van der Waals surface area contributed by atoms with Crippen LogP contribution in [0.2, 0.25) is 0 Å². The molecule has 4 heteroatoms. The maximum atomic E-state index is 8.55. The Kier molecular flexibility index (Phi) is 5.33. The van der Waals surface area contributed by atoms with Crippen LogP contribution < -0.4 is 11.1 Å². The number of hydrogen-bond donors (Lipinski definition) is 3. The topological polar surface area (TPSA) is 70.6 Å². The summed E-state index contributed by atoms with van der Waals surface area (Å²) in [5.41, 5.74) is 7.82. The van der Waals surface area contributed by atoms with Crippen molar-refractivity contribution in [3.8, 4) is 0 Å². The normalized spacial score (nSPS) is 13.4. The second-order valence-corrected chi connectivity index (χ2v) is 4.19. The molecule has 0 saturated heterocycles. The first kappa shape index (κ1) is 13.4. The average molecular weight is 235 g/mol. The fraction of sp³-hybridized carbons (Fsp3) is 0.462. The Morgan fingerprint density at radius 1 is 1.41 bits per heavy atom. The summed E-state index contributed by atoms with van der Waals surface area (Å²) in [6, 6.07) is 8.08. The van der Waals surface area contributed by atoms with E-state index in [-0.39, 0.29) is 11.9 Å². The van der Waals surface area contributed by atoms with Crippen LogP contribution in [0.25, 0.3) is 0 Å². The molecule has 0 radical (unpaired) electrons. The van der Waals surface area contributed by atoms with Gasteiger partial charge in [-0.25, -0.2) is 0 Å². The summed E-state index contributed by atoms with van der Waals surface area (Å²) < 4.78 is 0. The monoisotopic (exact) mass is 235 g/mol. The number of oxime groups is 1. The van der Waals surface area contributed by atoms with Gasteiger partial charge in [-0.1, -0.05) is 30.6 Å². The number of nitrogens with one attached hydrogen (secondary N) is 1. The fourth-order valence-electron chi connectivity index (χ4n) is 1.56. The Hall–Kier alpha value is -1.71. The van der Waals surface area contributed by atoms with Gasteiger partial charge in [-0.3, -0.25) is 0 Å². The third-order valence-electron chi connectivity index (χ3n) is 2.72. The van der Waals surface area contributed by atoms with E-state index in [4.69, 9.17) is 10.9 Å². The van der Waals surface area contributed by atoms with Gasteiger partial charge in [0, 0.05) is 5.69 Å². The van der Waals surface area contributed by atoms with Gasteiger partial charge in [0.15, 0.2) is 5.84 Å². The predicted molar refractivity (Wildman–Crippen MR) is 71.5 cm³/mol. The highest BCUT2D eigenvalue weighted by Gasteiger charge is 2.06. The van der Waals surface area contributed by atoms with Gasteiger partial charge in [0.25, 0.3) is 0 Å².